The zero-order valence-electron chi connectivity index (χ0n) is 10.7. The lowest BCUT2D eigenvalue weighted by molar-refractivity contribution is -0.0499. The van der Waals surface area contributed by atoms with Crippen LogP contribution in [0, 0.1) is 0 Å². The first-order valence-electron chi connectivity index (χ1n) is 5.89. The number of aromatic nitrogens is 2. The van der Waals surface area contributed by atoms with Crippen LogP contribution in [0.3, 0.4) is 0 Å². The third kappa shape index (κ3) is 2.12. The molecule has 1 saturated heterocycles. The Morgan fingerprint density at radius 3 is 2.79 bits per heavy atom. The molecule has 0 amide bonds. The van der Waals surface area contributed by atoms with Gasteiger partial charge in [0.1, 0.15) is 12.2 Å². The number of nitrogens with one attached hydrogen (secondary N) is 2. The average molecular weight is 271 g/mol. The lowest BCUT2D eigenvalue weighted by Crippen LogP contribution is -2.55. The van der Waals surface area contributed by atoms with Gasteiger partial charge in [0.15, 0.2) is 6.23 Å². The molecule has 8 nitrogen and oxygen atoms in total. The first-order valence-corrected chi connectivity index (χ1v) is 5.89. The van der Waals surface area contributed by atoms with Gasteiger partial charge in [-0.05, 0) is 14.0 Å². The molecular formula is C11H17N3O5. The lowest BCUT2D eigenvalue weighted by atomic mass is 9.92. The zero-order valence-corrected chi connectivity index (χ0v) is 10.7. The molecule has 0 saturated carbocycles. The molecule has 0 aromatic carbocycles. The van der Waals surface area contributed by atoms with E-state index in [1.165, 1.54) is 16.8 Å². The number of aliphatic hydroxyl groups is 2. The molecule has 0 bridgehead atoms. The molecular weight excluding hydrogens is 254 g/mol. The van der Waals surface area contributed by atoms with Gasteiger partial charge in [-0.25, -0.2) is 4.79 Å². The minimum atomic E-state index is -0.994. The zero-order chi connectivity index (χ0) is 14.2. The number of hydrogen-bond donors (Lipinski definition) is 4. The Hall–Kier alpha value is -1.48. The van der Waals surface area contributed by atoms with Gasteiger partial charge < -0.3 is 20.3 Å². The molecule has 1 fully saturated rings. The molecule has 8 heteroatoms. The van der Waals surface area contributed by atoms with Crippen molar-refractivity contribution in [3.05, 3.63) is 33.1 Å². The molecule has 19 heavy (non-hydrogen) atoms. The summed E-state index contributed by atoms with van der Waals surface area (Å²) >= 11 is 0. The van der Waals surface area contributed by atoms with E-state index in [4.69, 9.17) is 4.74 Å². The number of hydrogen-bond acceptors (Lipinski definition) is 6. The molecule has 0 aliphatic carbocycles. The third-order valence-electron chi connectivity index (χ3n) is 3.61. The summed E-state index contributed by atoms with van der Waals surface area (Å²) in [6.45, 7) is 1.31. The van der Waals surface area contributed by atoms with Crippen LogP contribution < -0.4 is 16.6 Å². The largest absolute Gasteiger partial charge is 0.394 e. The molecule has 4 unspecified atom stereocenters. The topological polar surface area (TPSA) is 117 Å². The molecule has 4 N–H and O–H groups in total. The fourth-order valence-corrected chi connectivity index (χ4v) is 2.29. The van der Waals surface area contributed by atoms with Crippen LogP contribution >= 0.6 is 0 Å². The van der Waals surface area contributed by atoms with Crippen molar-refractivity contribution in [3.8, 4) is 0 Å². The summed E-state index contributed by atoms with van der Waals surface area (Å²) in [7, 11) is 1.62. The maximum absolute atomic E-state index is 11.8. The molecule has 1 aliphatic rings. The highest BCUT2D eigenvalue weighted by molar-refractivity contribution is 5.05. The number of likely N-dealkylation sites (N-methyl/N-ethyl adjacent to an activating group) is 1. The van der Waals surface area contributed by atoms with Crippen molar-refractivity contribution in [2.45, 2.75) is 30.9 Å². The molecule has 1 aromatic rings. The van der Waals surface area contributed by atoms with Crippen LogP contribution in [0.2, 0.25) is 0 Å². The van der Waals surface area contributed by atoms with Gasteiger partial charge >= 0.3 is 5.69 Å². The van der Waals surface area contributed by atoms with Crippen LogP contribution in [-0.4, -0.2) is 51.2 Å². The number of rotatable bonds is 3. The SMILES string of the molecule is CNC1(C)C(O)C(CO)OC1n1ccc(=O)[nH]c1=O. The standard InChI is InChI=1S/C11H17N3O5/c1-11(12-2)8(17)6(5-15)19-9(11)14-4-3-7(16)13-10(14)18/h3-4,6,8-9,12,15,17H,5H2,1-2H3,(H,13,16,18). The minimum absolute atomic E-state index is 0.368. The third-order valence-corrected chi connectivity index (χ3v) is 3.61. The van der Waals surface area contributed by atoms with Gasteiger partial charge in [-0.15, -0.1) is 0 Å². The maximum Gasteiger partial charge on any atom is 0.330 e. The van der Waals surface area contributed by atoms with E-state index in [1.54, 1.807) is 14.0 Å². The number of aliphatic hydroxyl groups excluding tert-OH is 2. The Kier molecular flexibility index (Phi) is 3.59. The predicted octanol–water partition coefficient (Wildman–Crippen LogP) is -2.23. The normalized spacial score (nSPS) is 34.6. The maximum atomic E-state index is 11.8. The smallest absolute Gasteiger partial charge is 0.330 e. The first-order chi connectivity index (χ1) is 8.93. The van der Waals surface area contributed by atoms with Crippen LogP contribution in [0.25, 0.3) is 0 Å². The molecule has 1 aliphatic heterocycles. The summed E-state index contributed by atoms with van der Waals surface area (Å²) in [6, 6.07) is 1.19. The molecule has 106 valence electrons. The summed E-state index contributed by atoms with van der Waals surface area (Å²) in [6.07, 6.45) is -1.34. The molecule has 0 spiro atoms. The van der Waals surface area contributed by atoms with Crippen molar-refractivity contribution in [2.75, 3.05) is 13.7 Å². The van der Waals surface area contributed by atoms with E-state index in [0.717, 1.165) is 0 Å². The highest BCUT2D eigenvalue weighted by Crippen LogP contribution is 2.36. The van der Waals surface area contributed by atoms with Gasteiger partial charge in [0.2, 0.25) is 0 Å². The van der Waals surface area contributed by atoms with E-state index in [9.17, 15) is 19.8 Å². The number of H-pyrrole nitrogens is 1. The molecule has 0 radical (unpaired) electrons. The summed E-state index contributed by atoms with van der Waals surface area (Å²) in [4.78, 5) is 25.0. The van der Waals surface area contributed by atoms with Gasteiger partial charge in [-0.3, -0.25) is 14.3 Å². The van der Waals surface area contributed by atoms with Crippen molar-refractivity contribution in [2.24, 2.45) is 0 Å². The summed E-state index contributed by atoms with van der Waals surface area (Å²) in [5.41, 5.74) is -2.11. The highest BCUT2D eigenvalue weighted by Gasteiger charge is 2.53. The molecule has 2 heterocycles. The fourth-order valence-electron chi connectivity index (χ4n) is 2.29. The second-order valence-electron chi connectivity index (χ2n) is 4.70. The Morgan fingerprint density at radius 2 is 2.26 bits per heavy atom. The molecule has 2 rings (SSSR count). The monoisotopic (exact) mass is 271 g/mol. The van der Waals surface area contributed by atoms with E-state index in [0.29, 0.717) is 0 Å². The lowest BCUT2D eigenvalue weighted by Gasteiger charge is -2.32. The predicted molar refractivity (Wildman–Crippen MR) is 65.8 cm³/mol. The van der Waals surface area contributed by atoms with Crippen molar-refractivity contribution >= 4 is 0 Å². The van der Waals surface area contributed by atoms with Crippen molar-refractivity contribution in [3.63, 3.8) is 0 Å². The first kappa shape index (κ1) is 13.9. The van der Waals surface area contributed by atoms with E-state index in [2.05, 4.69) is 10.3 Å². The van der Waals surface area contributed by atoms with Gasteiger partial charge in [0.05, 0.1) is 12.1 Å². The van der Waals surface area contributed by atoms with Crippen LogP contribution in [0.4, 0.5) is 0 Å². The fraction of sp³-hybridized carbons (Fsp3) is 0.636. The molecule has 4 atom stereocenters. The Morgan fingerprint density at radius 1 is 1.58 bits per heavy atom. The van der Waals surface area contributed by atoms with E-state index in [-0.39, 0.29) is 6.61 Å². The van der Waals surface area contributed by atoms with Gasteiger partial charge in [0.25, 0.3) is 5.56 Å². The number of aromatic amines is 1. The average Bonchev–Trinajstić information content (AvgIpc) is 2.63. The Balaban J connectivity index is 2.48. The minimum Gasteiger partial charge on any atom is -0.394 e. The Labute approximate surface area is 108 Å². The number of ether oxygens (including phenoxy) is 1. The highest BCUT2D eigenvalue weighted by atomic mass is 16.5. The van der Waals surface area contributed by atoms with Crippen LogP contribution in [0.15, 0.2) is 21.9 Å². The van der Waals surface area contributed by atoms with E-state index >= 15 is 0 Å². The van der Waals surface area contributed by atoms with Crippen LogP contribution in [0.5, 0.6) is 0 Å². The summed E-state index contributed by atoms with van der Waals surface area (Å²) in [5, 5.41) is 22.2. The quantitative estimate of drug-likeness (QED) is 0.494. The molecule has 1 aromatic heterocycles. The van der Waals surface area contributed by atoms with Crippen LogP contribution in [-0.2, 0) is 4.74 Å². The van der Waals surface area contributed by atoms with Gasteiger partial charge in [0, 0.05) is 12.3 Å². The van der Waals surface area contributed by atoms with E-state index in [1.807, 2.05) is 0 Å². The van der Waals surface area contributed by atoms with E-state index < -0.39 is 35.2 Å². The Bertz CT molecular complexity index is 568. The van der Waals surface area contributed by atoms with Crippen molar-refractivity contribution < 1.29 is 14.9 Å². The van der Waals surface area contributed by atoms with Gasteiger partial charge in [-0.1, -0.05) is 0 Å². The van der Waals surface area contributed by atoms with Crippen molar-refractivity contribution in [1.29, 1.82) is 0 Å². The van der Waals surface area contributed by atoms with Crippen LogP contribution in [0.1, 0.15) is 13.2 Å². The summed E-state index contributed by atoms with van der Waals surface area (Å²) < 4.78 is 6.69. The second kappa shape index (κ2) is 4.89. The van der Waals surface area contributed by atoms with Gasteiger partial charge in [-0.2, -0.15) is 0 Å². The second-order valence-corrected chi connectivity index (χ2v) is 4.70. The number of nitrogens with zero attached hydrogens (tertiary/aromatic N) is 1. The van der Waals surface area contributed by atoms with Crippen molar-refractivity contribution in [1.82, 2.24) is 14.9 Å². The summed E-state index contributed by atoms with van der Waals surface area (Å²) in [5.74, 6) is 0.